The molecule has 1 amide bonds. The number of amides is 1. The number of H-pyrrole nitrogens is 1. The van der Waals surface area contributed by atoms with Crippen molar-refractivity contribution in [2.75, 3.05) is 0 Å². The number of unbranched alkanes of at least 4 members (excludes halogenated alkanes) is 1. The quantitative estimate of drug-likeness (QED) is 0.349. The van der Waals surface area contributed by atoms with Crippen molar-refractivity contribution in [2.24, 2.45) is 5.92 Å². The number of tetrazole rings is 1. The zero-order chi connectivity index (χ0) is 23.1. The van der Waals surface area contributed by atoms with E-state index in [0.29, 0.717) is 12.2 Å². The van der Waals surface area contributed by atoms with Gasteiger partial charge in [-0.05, 0) is 39.5 Å². The number of carboxylic acids is 1. The maximum atomic E-state index is 12.9. The van der Waals surface area contributed by atoms with Gasteiger partial charge in [-0.3, -0.25) is 4.79 Å². The Morgan fingerprint density at radius 1 is 0.973 bits per heavy atom. The molecule has 0 aliphatic heterocycles. The van der Waals surface area contributed by atoms with E-state index in [4.69, 9.17) is 0 Å². The number of aromatic amines is 1. The Labute approximate surface area is 260 Å². The van der Waals surface area contributed by atoms with Crippen LogP contribution in [0.25, 0.3) is 22.5 Å². The van der Waals surface area contributed by atoms with Crippen molar-refractivity contribution in [3.8, 4) is 22.5 Å². The molecular formula is C24H37N5Na2O6. The van der Waals surface area contributed by atoms with Gasteiger partial charge in [-0.2, -0.15) is 0 Å². The van der Waals surface area contributed by atoms with Gasteiger partial charge in [0.2, 0.25) is 5.91 Å². The average molecular weight is 538 g/mol. The van der Waals surface area contributed by atoms with Crippen LogP contribution >= 0.6 is 0 Å². The van der Waals surface area contributed by atoms with Crippen molar-refractivity contribution < 1.29 is 31.1 Å². The van der Waals surface area contributed by atoms with Gasteiger partial charge in [0.15, 0.2) is 5.82 Å². The van der Waals surface area contributed by atoms with Gasteiger partial charge >= 0.3 is 65.1 Å². The first-order valence-electron chi connectivity index (χ1n) is 10.9. The number of carbonyl (C=O) groups excluding carboxylic acids is 1. The number of aliphatic carboxylic acids is 1. The Kier molecular flexibility index (Phi) is 20.9. The number of carboxylic acid groups (broad SMARTS) is 1. The number of nitrogens with zero attached hydrogens (tertiary/aromatic N) is 4. The SMILES string of the molecule is CCCCC(=O)N(Cc1ccc(-c2ccccc2-c2nnn[nH]2)cc1)[C@H](C(=O)O)C(C)C.O.O.O.[NaH].[NaH]. The molecule has 2 aromatic carbocycles. The molecule has 11 nitrogen and oxygen atoms in total. The molecule has 3 rings (SSSR count). The van der Waals surface area contributed by atoms with E-state index >= 15 is 0 Å². The molecular weight excluding hydrogens is 500 g/mol. The van der Waals surface area contributed by atoms with Crippen LogP contribution in [-0.2, 0) is 16.1 Å². The normalized spacial score (nSPS) is 10.4. The molecule has 0 unspecified atom stereocenters. The van der Waals surface area contributed by atoms with E-state index in [9.17, 15) is 14.7 Å². The molecule has 0 saturated heterocycles. The molecule has 1 aromatic heterocycles. The monoisotopic (exact) mass is 537 g/mol. The summed E-state index contributed by atoms with van der Waals surface area (Å²) >= 11 is 0. The third kappa shape index (κ3) is 10.5. The van der Waals surface area contributed by atoms with Crippen LogP contribution in [0, 0.1) is 5.92 Å². The van der Waals surface area contributed by atoms with E-state index < -0.39 is 12.0 Å². The van der Waals surface area contributed by atoms with Crippen molar-refractivity contribution in [3.05, 3.63) is 54.1 Å². The number of aromatic nitrogens is 4. The zero-order valence-electron chi connectivity index (χ0n) is 20.2. The van der Waals surface area contributed by atoms with Gasteiger partial charge in [-0.1, -0.05) is 75.7 Å². The molecule has 1 atom stereocenters. The molecule has 13 heteroatoms. The minimum absolute atomic E-state index is 0. The topological polar surface area (TPSA) is 207 Å². The van der Waals surface area contributed by atoms with Crippen LogP contribution in [0.3, 0.4) is 0 Å². The molecule has 0 aliphatic carbocycles. The van der Waals surface area contributed by atoms with Crippen LogP contribution < -0.4 is 0 Å². The minimum atomic E-state index is -0.976. The summed E-state index contributed by atoms with van der Waals surface area (Å²) in [6.45, 7) is 5.93. The summed E-state index contributed by atoms with van der Waals surface area (Å²) in [6.07, 6.45) is 1.98. The van der Waals surface area contributed by atoms with Gasteiger partial charge in [-0.15, -0.1) is 5.10 Å². The number of rotatable bonds is 10. The van der Waals surface area contributed by atoms with Crippen LogP contribution in [0.5, 0.6) is 0 Å². The number of benzene rings is 2. The van der Waals surface area contributed by atoms with Crippen molar-refractivity contribution in [1.29, 1.82) is 0 Å². The van der Waals surface area contributed by atoms with Crippen molar-refractivity contribution in [3.63, 3.8) is 0 Å². The summed E-state index contributed by atoms with van der Waals surface area (Å²) in [5, 5.41) is 23.9. The summed E-state index contributed by atoms with van der Waals surface area (Å²) < 4.78 is 0. The van der Waals surface area contributed by atoms with Crippen LogP contribution in [0.4, 0.5) is 0 Å². The van der Waals surface area contributed by atoms with E-state index in [2.05, 4.69) is 20.6 Å². The van der Waals surface area contributed by atoms with Crippen LogP contribution in [0.15, 0.2) is 48.5 Å². The Balaban J connectivity index is -0.00000231. The predicted octanol–water partition coefficient (Wildman–Crippen LogP) is 0.391. The maximum absolute atomic E-state index is 12.9. The fraction of sp³-hybridized carbons (Fsp3) is 0.375. The molecule has 1 heterocycles. The van der Waals surface area contributed by atoms with Gasteiger partial charge in [0.25, 0.3) is 0 Å². The van der Waals surface area contributed by atoms with Crippen LogP contribution in [0.2, 0.25) is 0 Å². The molecule has 0 fully saturated rings. The zero-order valence-corrected chi connectivity index (χ0v) is 20.2. The summed E-state index contributed by atoms with van der Waals surface area (Å²) in [7, 11) is 0. The number of hydrogen-bond acceptors (Lipinski definition) is 5. The summed E-state index contributed by atoms with van der Waals surface area (Å²) in [5.41, 5.74) is 3.71. The molecule has 0 aliphatic rings. The molecule has 3 aromatic rings. The first kappa shape index (κ1) is 39.8. The Morgan fingerprint density at radius 3 is 2.05 bits per heavy atom. The van der Waals surface area contributed by atoms with Gasteiger partial charge in [0.05, 0.1) is 0 Å². The number of hydrogen-bond donors (Lipinski definition) is 2. The van der Waals surface area contributed by atoms with Crippen LogP contribution in [-0.4, -0.2) is 124 Å². The van der Waals surface area contributed by atoms with E-state index in [0.717, 1.165) is 35.1 Å². The summed E-state index contributed by atoms with van der Waals surface area (Å²) in [4.78, 5) is 26.3. The number of carbonyl (C=O) groups is 2. The van der Waals surface area contributed by atoms with Crippen LogP contribution in [0.1, 0.15) is 45.6 Å². The number of nitrogens with one attached hydrogen (secondary N) is 1. The molecule has 0 bridgehead atoms. The third-order valence-electron chi connectivity index (χ3n) is 5.43. The standard InChI is InChI=1S/C24H29N5O3.2Na.3H2O.2H/c1-4-5-10-21(30)29(22(16(2)3)24(31)32)15-17-11-13-18(14-12-17)19-8-6-7-9-20(19)23-25-27-28-26-23;;;;;;;/h6-9,11-14,16,22H,4-5,10,15H2,1-3H3,(H,31,32)(H,25,26,27,28);;;3*1H2;;/t22-;;;;;;;/m0......./s1. The Morgan fingerprint density at radius 2 is 1.57 bits per heavy atom. The van der Waals surface area contributed by atoms with E-state index in [1.54, 1.807) is 0 Å². The van der Waals surface area contributed by atoms with Gasteiger partial charge < -0.3 is 26.4 Å². The van der Waals surface area contributed by atoms with E-state index in [1.807, 2.05) is 69.3 Å². The van der Waals surface area contributed by atoms with Gasteiger partial charge in [-0.25, -0.2) is 9.89 Å². The second-order valence-corrected chi connectivity index (χ2v) is 8.14. The molecule has 196 valence electrons. The molecule has 0 radical (unpaired) electrons. The summed E-state index contributed by atoms with van der Waals surface area (Å²) in [5.74, 6) is -0.713. The predicted molar refractivity (Wildman–Crippen MR) is 147 cm³/mol. The van der Waals surface area contributed by atoms with Crippen molar-refractivity contribution in [2.45, 2.75) is 52.6 Å². The Bertz CT molecular complexity index is 1050. The average Bonchev–Trinajstić information content (AvgIpc) is 3.32. The third-order valence-corrected chi connectivity index (χ3v) is 5.43. The molecule has 0 saturated carbocycles. The molecule has 37 heavy (non-hydrogen) atoms. The Hall–Kier alpha value is -1.67. The first-order chi connectivity index (χ1) is 15.4. The van der Waals surface area contributed by atoms with Gasteiger partial charge in [0.1, 0.15) is 6.04 Å². The fourth-order valence-electron chi connectivity index (χ4n) is 3.79. The fourth-order valence-corrected chi connectivity index (χ4v) is 3.79. The van der Waals surface area contributed by atoms with E-state index in [-0.39, 0.29) is 93.9 Å². The summed E-state index contributed by atoms with van der Waals surface area (Å²) in [6, 6.07) is 14.8. The first-order valence-corrected chi connectivity index (χ1v) is 10.9. The second-order valence-electron chi connectivity index (χ2n) is 8.14. The van der Waals surface area contributed by atoms with E-state index in [1.165, 1.54) is 4.90 Å². The second kappa shape index (κ2) is 19.4. The van der Waals surface area contributed by atoms with Crippen molar-refractivity contribution in [1.82, 2.24) is 25.5 Å². The van der Waals surface area contributed by atoms with Crippen molar-refractivity contribution >= 4 is 71.0 Å². The molecule has 0 spiro atoms. The molecule has 8 N–H and O–H groups in total. The van der Waals surface area contributed by atoms with Gasteiger partial charge in [0, 0.05) is 18.5 Å².